The minimum Gasteiger partial charge on any atom is -0.504 e. The average Bonchev–Trinajstić information content (AvgIpc) is 2.30. The summed E-state index contributed by atoms with van der Waals surface area (Å²) in [5.74, 6) is 0.649. The summed E-state index contributed by atoms with van der Waals surface area (Å²) < 4.78 is 5.27. The first-order valence-corrected chi connectivity index (χ1v) is 5.50. The van der Waals surface area contributed by atoms with Gasteiger partial charge in [-0.3, -0.25) is 0 Å². The normalized spacial score (nSPS) is 12.4. The van der Waals surface area contributed by atoms with Crippen LogP contribution in [0.25, 0.3) is 0 Å². The second kappa shape index (κ2) is 6.35. The van der Waals surface area contributed by atoms with E-state index in [1.807, 2.05) is 19.1 Å². The van der Waals surface area contributed by atoms with Crippen molar-refractivity contribution in [3.05, 3.63) is 23.8 Å². The Bertz CT molecular complexity index is 328. The van der Waals surface area contributed by atoms with Crippen LogP contribution in [0.3, 0.4) is 0 Å². The van der Waals surface area contributed by atoms with Crippen molar-refractivity contribution in [1.82, 2.24) is 0 Å². The standard InChI is InChI=1S/C12H19NO3/c1-2-16-11-5-3-4-9(12(11)15)6-7-10(14)8-13/h3-5,10,14-15H,2,6-8,13H2,1H3. The second-order valence-corrected chi connectivity index (χ2v) is 3.63. The van der Waals surface area contributed by atoms with Crippen LogP contribution in [0.1, 0.15) is 18.9 Å². The molecular formula is C12H19NO3. The first-order chi connectivity index (χ1) is 7.69. The van der Waals surface area contributed by atoms with Crippen molar-refractivity contribution >= 4 is 0 Å². The van der Waals surface area contributed by atoms with Crippen molar-refractivity contribution in [3.63, 3.8) is 0 Å². The quantitative estimate of drug-likeness (QED) is 0.676. The molecule has 0 fully saturated rings. The zero-order valence-electron chi connectivity index (χ0n) is 9.52. The van der Waals surface area contributed by atoms with Crippen LogP contribution in [0.5, 0.6) is 11.5 Å². The van der Waals surface area contributed by atoms with Gasteiger partial charge in [0.15, 0.2) is 11.5 Å². The zero-order chi connectivity index (χ0) is 12.0. The summed E-state index contributed by atoms with van der Waals surface area (Å²) in [6.45, 7) is 2.62. The number of hydrogen-bond acceptors (Lipinski definition) is 4. The Hall–Kier alpha value is -1.26. The van der Waals surface area contributed by atoms with Crippen LogP contribution < -0.4 is 10.5 Å². The van der Waals surface area contributed by atoms with Crippen molar-refractivity contribution in [2.45, 2.75) is 25.9 Å². The van der Waals surface area contributed by atoms with Crippen LogP contribution in [0, 0.1) is 0 Å². The van der Waals surface area contributed by atoms with E-state index in [1.165, 1.54) is 0 Å². The monoisotopic (exact) mass is 225 g/mol. The molecule has 0 heterocycles. The molecule has 0 aliphatic carbocycles. The summed E-state index contributed by atoms with van der Waals surface area (Å²) >= 11 is 0. The smallest absolute Gasteiger partial charge is 0.161 e. The number of benzene rings is 1. The van der Waals surface area contributed by atoms with E-state index in [4.69, 9.17) is 10.5 Å². The van der Waals surface area contributed by atoms with Gasteiger partial charge in [-0.25, -0.2) is 0 Å². The molecule has 90 valence electrons. The van der Waals surface area contributed by atoms with E-state index in [-0.39, 0.29) is 12.3 Å². The minimum absolute atomic E-state index is 0.161. The fourth-order valence-electron chi connectivity index (χ4n) is 1.48. The summed E-state index contributed by atoms with van der Waals surface area (Å²) in [5, 5.41) is 19.2. The molecule has 16 heavy (non-hydrogen) atoms. The molecule has 1 rings (SSSR count). The molecule has 0 aliphatic heterocycles. The highest BCUT2D eigenvalue weighted by Gasteiger charge is 2.09. The molecule has 4 nitrogen and oxygen atoms in total. The number of rotatable bonds is 6. The molecule has 1 aromatic carbocycles. The summed E-state index contributed by atoms with van der Waals surface area (Å²) in [7, 11) is 0. The van der Waals surface area contributed by atoms with E-state index in [9.17, 15) is 10.2 Å². The van der Waals surface area contributed by atoms with Gasteiger partial charge in [-0.15, -0.1) is 0 Å². The van der Waals surface area contributed by atoms with Crippen molar-refractivity contribution in [1.29, 1.82) is 0 Å². The van der Waals surface area contributed by atoms with E-state index < -0.39 is 6.10 Å². The molecule has 1 unspecified atom stereocenters. The van der Waals surface area contributed by atoms with Crippen LogP contribution in [0.2, 0.25) is 0 Å². The number of hydrogen-bond donors (Lipinski definition) is 3. The molecule has 4 N–H and O–H groups in total. The molecule has 1 atom stereocenters. The van der Waals surface area contributed by atoms with E-state index in [2.05, 4.69) is 0 Å². The van der Waals surface area contributed by atoms with Crippen LogP contribution in [-0.2, 0) is 6.42 Å². The van der Waals surface area contributed by atoms with E-state index in [0.29, 0.717) is 25.2 Å². The Balaban J connectivity index is 2.69. The van der Waals surface area contributed by atoms with E-state index in [1.54, 1.807) is 6.07 Å². The number of aliphatic hydroxyl groups is 1. The Morgan fingerprint density at radius 1 is 1.44 bits per heavy atom. The van der Waals surface area contributed by atoms with Gasteiger partial charge in [0.1, 0.15) is 0 Å². The van der Waals surface area contributed by atoms with Gasteiger partial charge >= 0.3 is 0 Å². The lowest BCUT2D eigenvalue weighted by Crippen LogP contribution is -2.20. The van der Waals surface area contributed by atoms with Gasteiger partial charge in [-0.1, -0.05) is 12.1 Å². The first kappa shape index (κ1) is 12.8. The number of nitrogens with two attached hydrogens (primary N) is 1. The Morgan fingerprint density at radius 2 is 2.19 bits per heavy atom. The highest BCUT2D eigenvalue weighted by atomic mass is 16.5. The maximum absolute atomic E-state index is 9.87. The third kappa shape index (κ3) is 3.40. The molecule has 0 saturated carbocycles. The predicted octanol–water partition coefficient (Wildman–Crippen LogP) is 1.04. The number of ether oxygens (including phenoxy) is 1. The van der Waals surface area contributed by atoms with Crippen LogP contribution in [0.15, 0.2) is 18.2 Å². The van der Waals surface area contributed by atoms with Crippen molar-refractivity contribution in [2.75, 3.05) is 13.2 Å². The highest BCUT2D eigenvalue weighted by molar-refractivity contribution is 5.45. The average molecular weight is 225 g/mol. The maximum Gasteiger partial charge on any atom is 0.161 e. The third-order valence-electron chi connectivity index (χ3n) is 2.40. The lowest BCUT2D eigenvalue weighted by molar-refractivity contribution is 0.173. The largest absolute Gasteiger partial charge is 0.504 e. The predicted molar refractivity (Wildman–Crippen MR) is 62.7 cm³/mol. The van der Waals surface area contributed by atoms with Crippen molar-refractivity contribution in [2.24, 2.45) is 5.73 Å². The van der Waals surface area contributed by atoms with Gasteiger partial charge in [0.25, 0.3) is 0 Å². The van der Waals surface area contributed by atoms with Crippen LogP contribution in [0.4, 0.5) is 0 Å². The fraction of sp³-hybridized carbons (Fsp3) is 0.500. The molecule has 0 spiro atoms. The summed E-state index contributed by atoms with van der Waals surface area (Å²) in [5.41, 5.74) is 6.09. The van der Waals surface area contributed by atoms with Gasteiger partial charge < -0.3 is 20.7 Å². The van der Waals surface area contributed by atoms with Gasteiger partial charge in [-0.05, 0) is 31.4 Å². The Morgan fingerprint density at radius 3 is 2.81 bits per heavy atom. The molecule has 0 saturated heterocycles. The number of aryl methyl sites for hydroxylation is 1. The molecule has 1 aromatic rings. The molecule has 0 bridgehead atoms. The molecule has 4 heteroatoms. The SMILES string of the molecule is CCOc1cccc(CCC(O)CN)c1O. The molecule has 0 radical (unpaired) electrons. The highest BCUT2D eigenvalue weighted by Crippen LogP contribution is 2.30. The zero-order valence-corrected chi connectivity index (χ0v) is 9.52. The van der Waals surface area contributed by atoms with Gasteiger partial charge in [-0.2, -0.15) is 0 Å². The lowest BCUT2D eigenvalue weighted by Gasteiger charge is -2.11. The van der Waals surface area contributed by atoms with E-state index >= 15 is 0 Å². The summed E-state index contributed by atoms with van der Waals surface area (Å²) in [4.78, 5) is 0. The molecule has 0 amide bonds. The van der Waals surface area contributed by atoms with Gasteiger partial charge in [0, 0.05) is 6.54 Å². The summed E-state index contributed by atoms with van der Waals surface area (Å²) in [6, 6.07) is 5.37. The minimum atomic E-state index is -0.518. The first-order valence-electron chi connectivity index (χ1n) is 5.50. The van der Waals surface area contributed by atoms with Crippen molar-refractivity contribution in [3.8, 4) is 11.5 Å². The molecule has 0 aromatic heterocycles. The number of phenols is 1. The number of aliphatic hydroxyl groups excluding tert-OH is 1. The maximum atomic E-state index is 9.87. The number of phenolic OH excluding ortho intramolecular Hbond substituents is 1. The Labute approximate surface area is 95.7 Å². The molecule has 0 aliphatic rings. The lowest BCUT2D eigenvalue weighted by atomic mass is 10.1. The van der Waals surface area contributed by atoms with Crippen LogP contribution in [-0.4, -0.2) is 29.5 Å². The van der Waals surface area contributed by atoms with Crippen molar-refractivity contribution < 1.29 is 14.9 Å². The number of para-hydroxylation sites is 1. The van der Waals surface area contributed by atoms with Gasteiger partial charge in [0.2, 0.25) is 0 Å². The third-order valence-corrected chi connectivity index (χ3v) is 2.40. The topological polar surface area (TPSA) is 75.7 Å². The summed E-state index contributed by atoms with van der Waals surface area (Å²) in [6.07, 6.45) is 0.611. The fourth-order valence-corrected chi connectivity index (χ4v) is 1.48. The van der Waals surface area contributed by atoms with Crippen LogP contribution >= 0.6 is 0 Å². The molecular weight excluding hydrogens is 206 g/mol. The van der Waals surface area contributed by atoms with Gasteiger partial charge in [0.05, 0.1) is 12.7 Å². The number of aromatic hydroxyl groups is 1. The Kier molecular flexibility index (Phi) is 5.08. The van der Waals surface area contributed by atoms with E-state index in [0.717, 1.165) is 5.56 Å². The second-order valence-electron chi connectivity index (χ2n) is 3.63.